The molecular formula is C9H5F3INO. The van der Waals surface area contributed by atoms with Crippen molar-refractivity contribution in [1.82, 2.24) is 0 Å². The van der Waals surface area contributed by atoms with Gasteiger partial charge in [-0.05, 0) is 34.2 Å². The molecule has 0 aromatic heterocycles. The Morgan fingerprint density at radius 1 is 1.40 bits per heavy atom. The predicted molar refractivity (Wildman–Crippen MR) is 54.8 cm³/mol. The van der Waals surface area contributed by atoms with Crippen molar-refractivity contribution >= 4 is 22.6 Å². The second kappa shape index (κ2) is 4.37. The first-order valence-corrected chi connectivity index (χ1v) is 4.89. The minimum atomic E-state index is -4.48. The van der Waals surface area contributed by atoms with Crippen molar-refractivity contribution in [3.63, 3.8) is 0 Å². The summed E-state index contributed by atoms with van der Waals surface area (Å²) in [4.78, 5) is 0. The molecule has 0 aliphatic carbocycles. The Bertz CT molecular complexity index is 423. The molecular weight excluding hydrogens is 322 g/mol. The molecule has 0 unspecified atom stereocenters. The van der Waals surface area contributed by atoms with E-state index in [2.05, 4.69) is 0 Å². The highest BCUT2D eigenvalue weighted by atomic mass is 127. The Balaban J connectivity index is 3.45. The second-order valence-electron chi connectivity index (χ2n) is 2.73. The third kappa shape index (κ3) is 2.41. The monoisotopic (exact) mass is 327 g/mol. The van der Waals surface area contributed by atoms with Gasteiger partial charge in [0.05, 0.1) is 17.7 Å². The van der Waals surface area contributed by atoms with Crippen LogP contribution in [-0.2, 0) is 12.8 Å². The van der Waals surface area contributed by atoms with Crippen LogP contribution in [0.5, 0.6) is 0 Å². The SMILES string of the molecule is N#Cc1c(CO)ccc(C(F)(F)F)c1I. The van der Waals surface area contributed by atoms with Gasteiger partial charge in [-0.3, -0.25) is 0 Å². The first kappa shape index (κ1) is 12.3. The van der Waals surface area contributed by atoms with Crippen molar-refractivity contribution in [2.45, 2.75) is 12.8 Å². The van der Waals surface area contributed by atoms with Gasteiger partial charge in [0.1, 0.15) is 6.07 Å². The van der Waals surface area contributed by atoms with Crippen molar-refractivity contribution in [3.8, 4) is 6.07 Å². The minimum Gasteiger partial charge on any atom is -0.392 e. The summed E-state index contributed by atoms with van der Waals surface area (Å²) in [6, 6.07) is 3.64. The molecule has 1 aromatic rings. The molecule has 0 radical (unpaired) electrons. The van der Waals surface area contributed by atoms with Gasteiger partial charge < -0.3 is 5.11 Å². The molecule has 15 heavy (non-hydrogen) atoms. The van der Waals surface area contributed by atoms with E-state index < -0.39 is 18.3 Å². The molecule has 0 saturated heterocycles. The summed E-state index contributed by atoms with van der Waals surface area (Å²) in [7, 11) is 0. The molecule has 0 atom stereocenters. The summed E-state index contributed by atoms with van der Waals surface area (Å²) in [6.45, 7) is -0.447. The first-order valence-electron chi connectivity index (χ1n) is 3.81. The van der Waals surface area contributed by atoms with Crippen molar-refractivity contribution in [1.29, 1.82) is 5.26 Å². The molecule has 0 saturated carbocycles. The van der Waals surface area contributed by atoms with Crippen LogP contribution >= 0.6 is 22.6 Å². The number of nitriles is 1. The summed E-state index contributed by atoms with van der Waals surface area (Å²) < 4.78 is 37.1. The maximum absolute atomic E-state index is 12.4. The van der Waals surface area contributed by atoms with E-state index in [4.69, 9.17) is 10.4 Å². The maximum Gasteiger partial charge on any atom is 0.417 e. The van der Waals surface area contributed by atoms with Crippen LogP contribution in [0.1, 0.15) is 16.7 Å². The van der Waals surface area contributed by atoms with Gasteiger partial charge in [-0.25, -0.2) is 0 Å². The number of hydrogen-bond acceptors (Lipinski definition) is 2. The van der Waals surface area contributed by atoms with Crippen LogP contribution in [0.15, 0.2) is 12.1 Å². The van der Waals surface area contributed by atoms with Crippen LogP contribution in [0.4, 0.5) is 13.2 Å². The predicted octanol–water partition coefficient (Wildman–Crippen LogP) is 2.67. The molecule has 0 heterocycles. The van der Waals surface area contributed by atoms with Crippen molar-refractivity contribution in [3.05, 3.63) is 32.4 Å². The van der Waals surface area contributed by atoms with Gasteiger partial charge in [0.2, 0.25) is 0 Å². The van der Waals surface area contributed by atoms with E-state index >= 15 is 0 Å². The molecule has 1 N–H and O–H groups in total. The van der Waals surface area contributed by atoms with E-state index in [-0.39, 0.29) is 14.7 Å². The molecule has 0 spiro atoms. The first-order chi connectivity index (χ1) is 6.91. The smallest absolute Gasteiger partial charge is 0.392 e. The van der Waals surface area contributed by atoms with Gasteiger partial charge in [-0.2, -0.15) is 18.4 Å². The van der Waals surface area contributed by atoms with Gasteiger partial charge in [-0.15, -0.1) is 0 Å². The van der Waals surface area contributed by atoms with Crippen LogP contribution in [0, 0.1) is 14.9 Å². The summed E-state index contributed by atoms with van der Waals surface area (Å²) in [5.41, 5.74) is -0.764. The number of aliphatic hydroxyl groups is 1. The number of aliphatic hydroxyl groups excluding tert-OH is 1. The average Bonchev–Trinajstić information content (AvgIpc) is 2.15. The zero-order chi connectivity index (χ0) is 11.6. The zero-order valence-electron chi connectivity index (χ0n) is 7.27. The van der Waals surface area contributed by atoms with E-state index in [0.29, 0.717) is 0 Å². The highest BCUT2D eigenvalue weighted by Gasteiger charge is 2.34. The molecule has 0 fully saturated rings. The van der Waals surface area contributed by atoms with Crippen LogP contribution in [0.3, 0.4) is 0 Å². The lowest BCUT2D eigenvalue weighted by atomic mass is 10.1. The van der Waals surface area contributed by atoms with Crippen LogP contribution in [0.25, 0.3) is 0 Å². The average molecular weight is 327 g/mol. The van der Waals surface area contributed by atoms with E-state index in [1.807, 2.05) is 0 Å². The van der Waals surface area contributed by atoms with Crippen molar-refractivity contribution in [2.75, 3.05) is 0 Å². The fourth-order valence-electron chi connectivity index (χ4n) is 1.09. The summed E-state index contributed by atoms with van der Waals surface area (Å²) in [6.07, 6.45) is -4.48. The van der Waals surface area contributed by atoms with E-state index in [1.165, 1.54) is 22.6 Å². The number of alkyl halides is 3. The highest BCUT2D eigenvalue weighted by molar-refractivity contribution is 14.1. The van der Waals surface area contributed by atoms with E-state index in [0.717, 1.165) is 12.1 Å². The molecule has 6 heteroatoms. The molecule has 1 rings (SSSR count). The van der Waals surface area contributed by atoms with Crippen LogP contribution < -0.4 is 0 Å². The van der Waals surface area contributed by atoms with Gasteiger partial charge >= 0.3 is 6.18 Å². The number of halogens is 4. The molecule has 0 amide bonds. The van der Waals surface area contributed by atoms with Crippen molar-refractivity contribution < 1.29 is 18.3 Å². The van der Waals surface area contributed by atoms with E-state index in [1.54, 1.807) is 6.07 Å². The number of nitrogens with zero attached hydrogens (tertiary/aromatic N) is 1. The Morgan fingerprint density at radius 2 is 2.00 bits per heavy atom. The highest BCUT2D eigenvalue weighted by Crippen LogP contribution is 2.35. The van der Waals surface area contributed by atoms with Crippen LogP contribution in [-0.4, -0.2) is 5.11 Å². The van der Waals surface area contributed by atoms with Crippen LogP contribution in [0.2, 0.25) is 0 Å². The number of hydrogen-bond donors (Lipinski definition) is 1. The van der Waals surface area contributed by atoms with Gasteiger partial charge in [0.25, 0.3) is 0 Å². The Kier molecular flexibility index (Phi) is 3.57. The Labute approximate surface area is 97.5 Å². The normalized spacial score (nSPS) is 11.2. The summed E-state index contributed by atoms with van der Waals surface area (Å²) >= 11 is 1.46. The van der Waals surface area contributed by atoms with Gasteiger partial charge in [0, 0.05) is 3.57 Å². The molecule has 1 aromatic carbocycles. The third-order valence-electron chi connectivity index (χ3n) is 1.82. The minimum absolute atomic E-state index is 0.118. The molecule has 80 valence electrons. The Hall–Kier alpha value is -0.810. The van der Waals surface area contributed by atoms with E-state index in [9.17, 15) is 13.2 Å². The third-order valence-corrected chi connectivity index (χ3v) is 2.94. The quantitative estimate of drug-likeness (QED) is 0.806. The standard InChI is InChI=1S/C9H5F3INO/c10-9(11,12)7-2-1-5(4-15)6(3-14)8(7)13/h1-2,15H,4H2. The summed E-state index contributed by atoms with van der Waals surface area (Å²) in [5.74, 6) is 0. The molecule has 0 aliphatic heterocycles. The molecule has 0 bridgehead atoms. The van der Waals surface area contributed by atoms with Gasteiger partial charge in [0.15, 0.2) is 0 Å². The Morgan fingerprint density at radius 3 is 2.40 bits per heavy atom. The number of benzene rings is 1. The van der Waals surface area contributed by atoms with Crippen molar-refractivity contribution in [2.24, 2.45) is 0 Å². The fourth-order valence-corrected chi connectivity index (χ4v) is 2.04. The lowest BCUT2D eigenvalue weighted by Crippen LogP contribution is -2.10. The lowest BCUT2D eigenvalue weighted by molar-refractivity contribution is -0.138. The lowest BCUT2D eigenvalue weighted by Gasteiger charge is -2.11. The molecule has 2 nitrogen and oxygen atoms in total. The zero-order valence-corrected chi connectivity index (χ0v) is 9.43. The fraction of sp³-hybridized carbons (Fsp3) is 0.222. The molecule has 0 aliphatic rings. The topological polar surface area (TPSA) is 44.0 Å². The second-order valence-corrected chi connectivity index (χ2v) is 3.81. The number of rotatable bonds is 1. The summed E-state index contributed by atoms with van der Waals surface area (Å²) in [5, 5.41) is 17.5. The largest absolute Gasteiger partial charge is 0.417 e. The maximum atomic E-state index is 12.4. The van der Waals surface area contributed by atoms with Gasteiger partial charge in [-0.1, -0.05) is 6.07 Å².